The van der Waals surface area contributed by atoms with Crippen LogP contribution < -0.4 is 10.3 Å². The van der Waals surface area contributed by atoms with Gasteiger partial charge in [0.25, 0.3) is 5.56 Å². The second-order valence-corrected chi connectivity index (χ2v) is 8.14. The lowest BCUT2D eigenvalue weighted by Crippen LogP contribution is -2.35. The summed E-state index contributed by atoms with van der Waals surface area (Å²) < 4.78 is 5.66. The summed E-state index contributed by atoms with van der Waals surface area (Å²) in [6.07, 6.45) is 4.20. The average Bonchev–Trinajstić information content (AvgIpc) is 2.63. The van der Waals surface area contributed by atoms with Crippen LogP contribution in [-0.4, -0.2) is 29.4 Å². The molecule has 1 fully saturated rings. The highest BCUT2D eigenvalue weighted by Gasteiger charge is 2.25. The molecule has 1 aliphatic heterocycles. The molecule has 0 radical (unpaired) electrons. The summed E-state index contributed by atoms with van der Waals surface area (Å²) in [5.74, 6) is 0.964. The van der Waals surface area contributed by atoms with Crippen molar-refractivity contribution in [2.45, 2.75) is 52.0 Å². The van der Waals surface area contributed by atoms with E-state index in [4.69, 9.17) is 4.74 Å². The van der Waals surface area contributed by atoms with Gasteiger partial charge in [0.05, 0.1) is 7.11 Å². The Morgan fingerprint density at radius 3 is 2.56 bits per heavy atom. The van der Waals surface area contributed by atoms with E-state index in [-0.39, 0.29) is 16.9 Å². The third kappa shape index (κ3) is 4.07. The number of amides is 1. The van der Waals surface area contributed by atoms with Crippen molar-refractivity contribution in [1.29, 1.82) is 0 Å². The summed E-state index contributed by atoms with van der Waals surface area (Å²) >= 11 is 0. The first-order valence-electron chi connectivity index (χ1n) is 9.48. The number of nitrogens with one attached hydrogen (secondary N) is 1. The van der Waals surface area contributed by atoms with Crippen LogP contribution in [0.25, 0.3) is 11.1 Å². The van der Waals surface area contributed by atoms with Crippen molar-refractivity contribution in [2.24, 2.45) is 0 Å². The zero-order valence-corrected chi connectivity index (χ0v) is 16.6. The number of ether oxygens (including phenoxy) is 1. The van der Waals surface area contributed by atoms with Gasteiger partial charge in [-0.25, -0.2) is 0 Å². The zero-order chi connectivity index (χ0) is 19.6. The van der Waals surface area contributed by atoms with Crippen LogP contribution in [0.15, 0.2) is 35.3 Å². The first-order valence-corrected chi connectivity index (χ1v) is 9.48. The van der Waals surface area contributed by atoms with Crippen molar-refractivity contribution in [2.75, 3.05) is 13.7 Å². The van der Waals surface area contributed by atoms with E-state index in [1.165, 1.54) is 0 Å². The number of hydrogen-bond donors (Lipinski definition) is 1. The molecule has 0 bridgehead atoms. The Hall–Kier alpha value is -2.56. The second-order valence-electron chi connectivity index (χ2n) is 8.14. The summed E-state index contributed by atoms with van der Waals surface area (Å²) in [6.45, 7) is 7.61. The molecule has 27 heavy (non-hydrogen) atoms. The Labute approximate surface area is 160 Å². The molecule has 1 aliphatic rings. The largest absolute Gasteiger partial charge is 0.496 e. The molecule has 2 aromatic rings. The van der Waals surface area contributed by atoms with Gasteiger partial charge in [0.1, 0.15) is 5.75 Å². The molecule has 0 spiro atoms. The first-order chi connectivity index (χ1) is 12.8. The van der Waals surface area contributed by atoms with E-state index in [1.54, 1.807) is 13.3 Å². The molecule has 3 rings (SSSR count). The minimum absolute atomic E-state index is 0.131. The molecule has 5 heteroatoms. The quantitative estimate of drug-likeness (QED) is 0.891. The van der Waals surface area contributed by atoms with Crippen molar-refractivity contribution in [3.63, 3.8) is 0 Å². The Kier molecular flexibility index (Phi) is 5.40. The van der Waals surface area contributed by atoms with Crippen LogP contribution >= 0.6 is 0 Å². The number of piperidine rings is 1. The van der Waals surface area contributed by atoms with Gasteiger partial charge in [0, 0.05) is 36.8 Å². The molecule has 0 unspecified atom stereocenters. The highest BCUT2D eigenvalue weighted by Crippen LogP contribution is 2.37. The number of hydrogen-bond acceptors (Lipinski definition) is 3. The summed E-state index contributed by atoms with van der Waals surface area (Å²) in [5.41, 5.74) is 3.18. The maximum Gasteiger partial charge on any atom is 0.255 e. The highest BCUT2D eigenvalue weighted by atomic mass is 16.5. The number of benzene rings is 1. The molecular weight excluding hydrogens is 340 g/mol. The summed E-state index contributed by atoms with van der Waals surface area (Å²) in [6, 6.07) is 7.69. The van der Waals surface area contributed by atoms with Crippen LogP contribution in [-0.2, 0) is 16.8 Å². The molecule has 1 amide bonds. The minimum atomic E-state index is -0.138. The van der Waals surface area contributed by atoms with Gasteiger partial charge >= 0.3 is 0 Å². The number of methoxy groups -OCH3 is 1. The lowest BCUT2D eigenvalue weighted by molar-refractivity contribution is -0.133. The first kappa shape index (κ1) is 19.2. The van der Waals surface area contributed by atoms with E-state index >= 15 is 0 Å². The van der Waals surface area contributed by atoms with E-state index < -0.39 is 0 Å². The fraction of sp³-hybridized carbons (Fsp3) is 0.455. The summed E-state index contributed by atoms with van der Waals surface area (Å²) in [4.78, 5) is 29.4. The van der Waals surface area contributed by atoms with Crippen LogP contribution in [0, 0.1) is 0 Å². The van der Waals surface area contributed by atoms with Gasteiger partial charge in [0.15, 0.2) is 0 Å². The molecule has 1 saturated heterocycles. The lowest BCUT2D eigenvalue weighted by Gasteiger charge is -2.29. The van der Waals surface area contributed by atoms with Crippen LogP contribution in [0.1, 0.15) is 51.2 Å². The van der Waals surface area contributed by atoms with Crippen molar-refractivity contribution in [1.82, 2.24) is 9.88 Å². The molecule has 1 aromatic carbocycles. The van der Waals surface area contributed by atoms with Gasteiger partial charge < -0.3 is 14.6 Å². The van der Waals surface area contributed by atoms with Gasteiger partial charge in [-0.05, 0) is 53.6 Å². The summed E-state index contributed by atoms with van der Waals surface area (Å²) in [5, 5.41) is 0. The Bertz CT molecular complexity index is 893. The Morgan fingerprint density at radius 1 is 1.15 bits per heavy atom. The number of carbonyl (C=O) groups excluding carboxylic acids is 1. The number of likely N-dealkylation sites (tertiary alicyclic amines) is 1. The standard InChI is InChI=1S/C22H28N2O3/c1-22(2,3)18-13-17(16-8-7-10-23-21(16)26)15(12-19(18)27-4)14-24-11-6-5-9-20(24)25/h7-8,10,12-13H,5-6,9,11,14H2,1-4H3,(H,23,26). The fourth-order valence-electron chi connectivity index (χ4n) is 3.63. The Morgan fingerprint density at radius 2 is 1.93 bits per heavy atom. The number of pyridine rings is 1. The van der Waals surface area contributed by atoms with Crippen molar-refractivity contribution < 1.29 is 9.53 Å². The molecular formula is C22H28N2O3. The third-order valence-corrected chi connectivity index (χ3v) is 5.12. The minimum Gasteiger partial charge on any atom is -0.496 e. The van der Waals surface area contributed by atoms with Crippen molar-refractivity contribution in [3.8, 4) is 16.9 Å². The van der Waals surface area contributed by atoms with Gasteiger partial charge in [-0.1, -0.05) is 20.8 Å². The van der Waals surface area contributed by atoms with E-state index in [0.29, 0.717) is 18.5 Å². The predicted molar refractivity (Wildman–Crippen MR) is 107 cm³/mol. The number of aromatic amines is 1. The molecule has 0 atom stereocenters. The van der Waals surface area contributed by atoms with Crippen molar-refractivity contribution in [3.05, 3.63) is 51.9 Å². The monoisotopic (exact) mass is 368 g/mol. The van der Waals surface area contributed by atoms with Crippen LogP contribution in [0.4, 0.5) is 0 Å². The molecule has 0 aliphatic carbocycles. The van der Waals surface area contributed by atoms with Crippen molar-refractivity contribution >= 4 is 5.91 Å². The zero-order valence-electron chi connectivity index (χ0n) is 16.6. The van der Waals surface area contributed by atoms with Crippen LogP contribution in [0.3, 0.4) is 0 Å². The van der Waals surface area contributed by atoms with E-state index in [1.807, 2.05) is 29.2 Å². The highest BCUT2D eigenvalue weighted by molar-refractivity contribution is 5.77. The van der Waals surface area contributed by atoms with E-state index in [0.717, 1.165) is 41.8 Å². The third-order valence-electron chi connectivity index (χ3n) is 5.12. The lowest BCUT2D eigenvalue weighted by atomic mass is 9.83. The fourth-order valence-corrected chi connectivity index (χ4v) is 3.63. The predicted octanol–water partition coefficient (Wildman–Crippen LogP) is 3.86. The summed E-state index contributed by atoms with van der Waals surface area (Å²) in [7, 11) is 1.66. The number of aromatic nitrogens is 1. The second kappa shape index (κ2) is 7.59. The molecule has 1 N–H and O–H groups in total. The van der Waals surface area contributed by atoms with Gasteiger partial charge in [0.2, 0.25) is 5.91 Å². The normalized spacial score (nSPS) is 15.1. The SMILES string of the molecule is COc1cc(CN2CCCCC2=O)c(-c2ccc[nH]c2=O)cc1C(C)(C)C. The number of carbonyl (C=O) groups is 1. The molecule has 5 nitrogen and oxygen atoms in total. The van der Waals surface area contributed by atoms with Gasteiger partial charge in [-0.3, -0.25) is 9.59 Å². The van der Waals surface area contributed by atoms with Gasteiger partial charge in [-0.15, -0.1) is 0 Å². The van der Waals surface area contributed by atoms with Gasteiger partial charge in [-0.2, -0.15) is 0 Å². The molecule has 0 saturated carbocycles. The molecule has 1 aromatic heterocycles. The van der Waals surface area contributed by atoms with Crippen LogP contribution in [0.5, 0.6) is 5.75 Å². The number of nitrogens with zero attached hydrogens (tertiary/aromatic N) is 1. The Balaban J connectivity index is 2.16. The average molecular weight is 368 g/mol. The number of H-pyrrole nitrogens is 1. The molecule has 2 heterocycles. The maximum atomic E-state index is 12.5. The maximum absolute atomic E-state index is 12.5. The number of rotatable bonds is 4. The topological polar surface area (TPSA) is 62.4 Å². The molecule has 144 valence electrons. The smallest absolute Gasteiger partial charge is 0.255 e. The van der Waals surface area contributed by atoms with E-state index in [2.05, 4.69) is 25.8 Å². The van der Waals surface area contributed by atoms with Crippen LogP contribution in [0.2, 0.25) is 0 Å². The van der Waals surface area contributed by atoms with E-state index in [9.17, 15) is 9.59 Å².